The second-order valence-corrected chi connectivity index (χ2v) is 7.85. The highest BCUT2D eigenvalue weighted by molar-refractivity contribution is 8.00. The zero-order valence-corrected chi connectivity index (χ0v) is 15.3. The molecule has 4 nitrogen and oxygen atoms in total. The van der Waals surface area contributed by atoms with Gasteiger partial charge in [0.1, 0.15) is 0 Å². The second-order valence-electron chi connectivity index (χ2n) is 5.65. The van der Waals surface area contributed by atoms with Crippen LogP contribution in [0.2, 0.25) is 0 Å². The van der Waals surface area contributed by atoms with Gasteiger partial charge in [0, 0.05) is 16.8 Å². The Morgan fingerprint density at radius 2 is 1.92 bits per heavy atom. The average Bonchev–Trinajstić information content (AvgIpc) is 3.07. The van der Waals surface area contributed by atoms with E-state index in [1.165, 1.54) is 5.56 Å². The zero-order chi connectivity index (χ0) is 17.1. The molecule has 124 valence electrons. The van der Waals surface area contributed by atoms with E-state index in [2.05, 4.69) is 52.8 Å². The Kier molecular flexibility index (Phi) is 4.63. The summed E-state index contributed by atoms with van der Waals surface area (Å²) in [6, 6.07) is 20.6. The number of pyridine rings is 1. The largest absolute Gasteiger partial charge is 0.330 e. The van der Waals surface area contributed by atoms with E-state index in [9.17, 15) is 0 Å². The normalized spacial score (nSPS) is 10.9. The molecule has 0 saturated heterocycles. The fraction of sp³-hybridized carbons (Fsp3) is 0.105. The van der Waals surface area contributed by atoms with Crippen molar-refractivity contribution in [1.29, 1.82) is 0 Å². The molecular formula is C19H16N4S2. The van der Waals surface area contributed by atoms with Gasteiger partial charge in [0.25, 0.3) is 0 Å². The van der Waals surface area contributed by atoms with Gasteiger partial charge >= 0.3 is 0 Å². The highest BCUT2D eigenvalue weighted by atomic mass is 32.2. The Labute approximate surface area is 154 Å². The molecule has 0 fully saturated rings. The van der Waals surface area contributed by atoms with Crippen molar-refractivity contribution < 1.29 is 0 Å². The molecule has 0 radical (unpaired) electrons. The molecule has 25 heavy (non-hydrogen) atoms. The van der Waals surface area contributed by atoms with Crippen LogP contribution < -0.4 is 5.32 Å². The van der Waals surface area contributed by atoms with Crippen molar-refractivity contribution in [3.05, 3.63) is 71.9 Å². The van der Waals surface area contributed by atoms with E-state index >= 15 is 0 Å². The number of fused-ring (bicyclic) bond motifs is 1. The first kappa shape index (κ1) is 16.1. The van der Waals surface area contributed by atoms with Gasteiger partial charge in [-0.1, -0.05) is 59.5 Å². The second kappa shape index (κ2) is 7.21. The molecule has 0 amide bonds. The summed E-state index contributed by atoms with van der Waals surface area (Å²) in [4.78, 5) is 4.69. The highest BCUT2D eigenvalue weighted by Gasteiger charge is 2.07. The number of benzene rings is 2. The van der Waals surface area contributed by atoms with Crippen LogP contribution in [0.25, 0.3) is 10.9 Å². The molecule has 4 aromatic rings. The Bertz CT molecular complexity index is 1010. The minimum Gasteiger partial charge on any atom is -0.330 e. The predicted molar refractivity (Wildman–Crippen MR) is 106 cm³/mol. The van der Waals surface area contributed by atoms with Crippen molar-refractivity contribution >= 4 is 44.8 Å². The molecule has 4 rings (SSSR count). The van der Waals surface area contributed by atoms with Gasteiger partial charge in [-0.2, -0.15) is 0 Å². The van der Waals surface area contributed by atoms with Crippen LogP contribution in [-0.4, -0.2) is 15.2 Å². The van der Waals surface area contributed by atoms with Crippen LogP contribution in [-0.2, 0) is 5.75 Å². The molecule has 2 aromatic heterocycles. The lowest BCUT2D eigenvalue weighted by molar-refractivity contribution is 1.01. The first-order valence-corrected chi connectivity index (χ1v) is 9.71. The number of nitrogens with zero attached hydrogens (tertiary/aromatic N) is 3. The lowest BCUT2D eigenvalue weighted by Crippen LogP contribution is -1.89. The Hall–Kier alpha value is -2.44. The number of nitrogens with one attached hydrogen (secondary N) is 1. The van der Waals surface area contributed by atoms with Gasteiger partial charge < -0.3 is 5.32 Å². The van der Waals surface area contributed by atoms with Gasteiger partial charge in [0.15, 0.2) is 4.34 Å². The van der Waals surface area contributed by atoms with E-state index in [1.807, 2.05) is 30.3 Å². The van der Waals surface area contributed by atoms with Crippen LogP contribution in [0.3, 0.4) is 0 Å². The number of hydrogen-bond donors (Lipinski definition) is 1. The number of rotatable bonds is 5. The number of aromatic nitrogens is 3. The summed E-state index contributed by atoms with van der Waals surface area (Å²) in [7, 11) is 0. The maximum absolute atomic E-state index is 4.69. The quantitative estimate of drug-likeness (QED) is 0.479. The number of hydrogen-bond acceptors (Lipinski definition) is 6. The van der Waals surface area contributed by atoms with Crippen molar-refractivity contribution in [3.63, 3.8) is 0 Å². The van der Waals surface area contributed by atoms with Gasteiger partial charge in [0.2, 0.25) is 5.13 Å². The third-order valence-electron chi connectivity index (χ3n) is 3.68. The summed E-state index contributed by atoms with van der Waals surface area (Å²) < 4.78 is 0.935. The minimum atomic E-state index is 0.782. The van der Waals surface area contributed by atoms with Gasteiger partial charge in [-0.3, -0.25) is 4.98 Å². The van der Waals surface area contributed by atoms with E-state index in [0.29, 0.717) is 0 Å². The summed E-state index contributed by atoms with van der Waals surface area (Å²) >= 11 is 3.22. The summed E-state index contributed by atoms with van der Waals surface area (Å²) in [6.07, 6.45) is 0. The van der Waals surface area contributed by atoms with Crippen molar-refractivity contribution in [2.24, 2.45) is 0 Å². The molecule has 1 N–H and O–H groups in total. The third-order valence-corrected chi connectivity index (χ3v) is 5.68. The highest BCUT2D eigenvalue weighted by Crippen LogP contribution is 2.30. The van der Waals surface area contributed by atoms with Crippen LogP contribution in [0.1, 0.15) is 11.3 Å². The Morgan fingerprint density at radius 1 is 1.00 bits per heavy atom. The Morgan fingerprint density at radius 3 is 2.84 bits per heavy atom. The lowest BCUT2D eigenvalue weighted by Gasteiger charge is -2.02. The number of thioether (sulfide) groups is 1. The topological polar surface area (TPSA) is 50.7 Å². The van der Waals surface area contributed by atoms with Crippen molar-refractivity contribution in [2.45, 2.75) is 17.0 Å². The molecule has 0 aliphatic carbocycles. The predicted octanol–water partition coefficient (Wildman–Crippen LogP) is 5.43. The van der Waals surface area contributed by atoms with Gasteiger partial charge in [-0.05, 0) is 36.8 Å². The van der Waals surface area contributed by atoms with Crippen LogP contribution >= 0.6 is 23.1 Å². The van der Waals surface area contributed by atoms with Gasteiger partial charge in [-0.25, -0.2) is 0 Å². The van der Waals surface area contributed by atoms with Crippen molar-refractivity contribution in [2.75, 3.05) is 5.32 Å². The Balaban J connectivity index is 1.42. The van der Waals surface area contributed by atoms with Gasteiger partial charge in [0.05, 0.1) is 11.2 Å². The first-order chi connectivity index (χ1) is 12.3. The molecule has 0 bridgehead atoms. The molecule has 0 aliphatic rings. The van der Waals surface area contributed by atoms with Crippen molar-refractivity contribution in [3.8, 4) is 0 Å². The van der Waals surface area contributed by atoms with E-state index < -0.39 is 0 Å². The van der Waals surface area contributed by atoms with E-state index in [1.54, 1.807) is 23.1 Å². The maximum Gasteiger partial charge on any atom is 0.210 e. The standard InChI is InChI=1S/C19H16N4S2/c1-13-5-4-7-15(11-13)21-18-22-23-19(25-18)24-12-16-10-9-14-6-2-3-8-17(14)20-16/h2-11H,12H2,1H3,(H,21,22). The number of aryl methyl sites for hydroxylation is 1. The minimum absolute atomic E-state index is 0.782. The van der Waals surface area contributed by atoms with E-state index in [0.717, 1.165) is 37.5 Å². The van der Waals surface area contributed by atoms with Crippen LogP contribution in [0.4, 0.5) is 10.8 Å². The molecule has 6 heteroatoms. The molecule has 0 aliphatic heterocycles. The number of anilines is 2. The average molecular weight is 364 g/mol. The molecule has 0 unspecified atom stereocenters. The zero-order valence-electron chi connectivity index (χ0n) is 13.6. The molecule has 2 heterocycles. The maximum atomic E-state index is 4.69. The van der Waals surface area contributed by atoms with Crippen LogP contribution in [0.5, 0.6) is 0 Å². The van der Waals surface area contributed by atoms with Crippen LogP contribution in [0, 0.1) is 6.92 Å². The molecule has 0 spiro atoms. The monoisotopic (exact) mass is 364 g/mol. The number of para-hydroxylation sites is 1. The molecule has 2 aromatic carbocycles. The SMILES string of the molecule is Cc1cccc(Nc2nnc(SCc3ccc4ccccc4n3)s2)c1. The lowest BCUT2D eigenvalue weighted by atomic mass is 10.2. The van der Waals surface area contributed by atoms with E-state index in [4.69, 9.17) is 4.98 Å². The van der Waals surface area contributed by atoms with Crippen LogP contribution in [0.15, 0.2) is 65.0 Å². The summed E-state index contributed by atoms with van der Waals surface area (Å²) in [5.74, 6) is 0.782. The molecular weight excluding hydrogens is 348 g/mol. The fourth-order valence-electron chi connectivity index (χ4n) is 2.49. The summed E-state index contributed by atoms with van der Waals surface area (Å²) in [6.45, 7) is 2.07. The smallest absolute Gasteiger partial charge is 0.210 e. The third kappa shape index (κ3) is 3.97. The fourth-order valence-corrected chi connectivity index (χ4v) is 4.17. The molecule has 0 atom stereocenters. The summed E-state index contributed by atoms with van der Waals surface area (Å²) in [5.41, 5.74) is 4.32. The van der Waals surface area contributed by atoms with Crippen molar-refractivity contribution in [1.82, 2.24) is 15.2 Å². The van der Waals surface area contributed by atoms with E-state index in [-0.39, 0.29) is 0 Å². The summed E-state index contributed by atoms with van der Waals surface area (Å²) in [5, 5.41) is 13.7. The van der Waals surface area contributed by atoms with Gasteiger partial charge in [-0.15, -0.1) is 10.2 Å². The molecule has 0 saturated carbocycles. The first-order valence-electron chi connectivity index (χ1n) is 7.91.